The Bertz CT molecular complexity index is 1150. The maximum atomic E-state index is 13.1. The van der Waals surface area contributed by atoms with Crippen molar-refractivity contribution in [3.05, 3.63) is 100 Å². The van der Waals surface area contributed by atoms with E-state index in [9.17, 15) is 18.4 Å². The molecule has 4 rings (SSSR count). The molecule has 0 unspecified atom stereocenters. The number of hydrogen-bond acceptors (Lipinski definition) is 4. The average molecular weight is 392 g/mol. The van der Waals surface area contributed by atoms with Crippen LogP contribution < -0.4 is 9.47 Å². The average Bonchev–Trinajstić information content (AvgIpc) is 3.00. The van der Waals surface area contributed by atoms with Gasteiger partial charge >= 0.3 is 5.97 Å². The van der Waals surface area contributed by atoms with Crippen molar-refractivity contribution in [2.24, 2.45) is 0 Å². The molecule has 0 fully saturated rings. The molecule has 3 aromatic carbocycles. The van der Waals surface area contributed by atoms with E-state index in [2.05, 4.69) is 0 Å². The highest BCUT2D eigenvalue weighted by Gasteiger charge is 2.30. The van der Waals surface area contributed by atoms with Gasteiger partial charge < -0.3 is 9.47 Å². The van der Waals surface area contributed by atoms with Crippen LogP contribution in [0.25, 0.3) is 6.08 Å². The molecule has 0 radical (unpaired) electrons. The van der Waals surface area contributed by atoms with Crippen LogP contribution in [0.4, 0.5) is 8.78 Å². The van der Waals surface area contributed by atoms with Crippen molar-refractivity contribution in [2.75, 3.05) is 0 Å². The van der Waals surface area contributed by atoms with Gasteiger partial charge in [-0.3, -0.25) is 4.79 Å². The lowest BCUT2D eigenvalue weighted by Crippen LogP contribution is -2.08. The van der Waals surface area contributed by atoms with E-state index < -0.39 is 11.8 Å². The van der Waals surface area contributed by atoms with Gasteiger partial charge in [0.15, 0.2) is 5.76 Å². The van der Waals surface area contributed by atoms with E-state index in [1.807, 2.05) is 0 Å². The molecule has 0 atom stereocenters. The zero-order chi connectivity index (χ0) is 20.5. The third-order valence-electron chi connectivity index (χ3n) is 4.40. The lowest BCUT2D eigenvalue weighted by Gasteiger charge is -2.07. The van der Waals surface area contributed by atoms with Gasteiger partial charge in [-0.2, -0.15) is 0 Å². The number of esters is 1. The first kappa shape index (κ1) is 18.6. The van der Waals surface area contributed by atoms with E-state index in [0.717, 1.165) is 0 Å². The van der Waals surface area contributed by atoms with Crippen LogP contribution in [-0.4, -0.2) is 11.8 Å². The van der Waals surface area contributed by atoms with Crippen LogP contribution >= 0.6 is 0 Å². The molecule has 0 spiro atoms. The van der Waals surface area contributed by atoms with Crippen molar-refractivity contribution in [2.45, 2.75) is 6.92 Å². The predicted molar refractivity (Wildman–Crippen MR) is 102 cm³/mol. The lowest BCUT2D eigenvalue weighted by molar-refractivity contribution is 0.0734. The fourth-order valence-corrected chi connectivity index (χ4v) is 3.00. The number of halogens is 2. The number of rotatable bonds is 3. The molecule has 0 saturated carbocycles. The van der Waals surface area contributed by atoms with Gasteiger partial charge in [-0.15, -0.1) is 0 Å². The quantitative estimate of drug-likeness (QED) is 0.353. The van der Waals surface area contributed by atoms with Gasteiger partial charge in [-0.05, 0) is 66.6 Å². The summed E-state index contributed by atoms with van der Waals surface area (Å²) < 4.78 is 37.1. The highest BCUT2D eigenvalue weighted by Crippen LogP contribution is 2.37. The smallest absolute Gasteiger partial charge is 0.343 e. The molecule has 0 aliphatic carbocycles. The molecule has 29 heavy (non-hydrogen) atoms. The minimum Gasteiger partial charge on any atom is -0.452 e. The SMILES string of the molecule is Cc1cc(OC(=O)c2ccc(F)cc2)cc2c1C(=O)/C(=C/c1ccc(F)cc1)O2. The van der Waals surface area contributed by atoms with Crippen LogP contribution in [0.3, 0.4) is 0 Å². The lowest BCUT2D eigenvalue weighted by atomic mass is 10.0. The van der Waals surface area contributed by atoms with Gasteiger partial charge in [0, 0.05) is 6.07 Å². The van der Waals surface area contributed by atoms with Crippen molar-refractivity contribution in [1.29, 1.82) is 0 Å². The highest BCUT2D eigenvalue weighted by molar-refractivity contribution is 6.15. The van der Waals surface area contributed by atoms with E-state index in [-0.39, 0.29) is 34.4 Å². The number of ether oxygens (including phenoxy) is 2. The Morgan fingerprint density at radius 1 is 0.966 bits per heavy atom. The van der Waals surface area contributed by atoms with Crippen molar-refractivity contribution in [3.63, 3.8) is 0 Å². The molecule has 0 bridgehead atoms. The van der Waals surface area contributed by atoms with Crippen molar-refractivity contribution < 1.29 is 27.8 Å². The van der Waals surface area contributed by atoms with E-state index >= 15 is 0 Å². The number of fused-ring (bicyclic) bond motifs is 1. The Balaban J connectivity index is 1.59. The summed E-state index contributed by atoms with van der Waals surface area (Å²) in [4.78, 5) is 24.9. The monoisotopic (exact) mass is 392 g/mol. The first-order valence-electron chi connectivity index (χ1n) is 8.73. The third kappa shape index (κ3) is 3.78. The molecule has 6 heteroatoms. The Labute approximate surface area is 165 Å². The molecule has 1 aliphatic heterocycles. The van der Waals surface area contributed by atoms with E-state index in [1.165, 1.54) is 60.7 Å². The van der Waals surface area contributed by atoms with Crippen molar-refractivity contribution in [1.82, 2.24) is 0 Å². The molecule has 0 aromatic heterocycles. The number of carbonyl (C=O) groups excluding carboxylic acids is 2. The maximum absolute atomic E-state index is 13.1. The van der Waals surface area contributed by atoms with E-state index in [1.54, 1.807) is 13.0 Å². The predicted octanol–water partition coefficient (Wildman–Crippen LogP) is 5.11. The van der Waals surface area contributed by atoms with Gasteiger partial charge in [-0.25, -0.2) is 13.6 Å². The van der Waals surface area contributed by atoms with Crippen LogP contribution in [-0.2, 0) is 0 Å². The molecule has 1 heterocycles. The second-order valence-corrected chi connectivity index (χ2v) is 6.50. The molecule has 1 aliphatic rings. The summed E-state index contributed by atoms with van der Waals surface area (Å²) in [5.74, 6) is -1.23. The molecular weight excluding hydrogens is 378 g/mol. The highest BCUT2D eigenvalue weighted by atomic mass is 19.1. The molecule has 0 N–H and O–H groups in total. The Morgan fingerprint density at radius 3 is 2.24 bits per heavy atom. The van der Waals surface area contributed by atoms with Crippen LogP contribution in [0.15, 0.2) is 66.4 Å². The molecule has 144 valence electrons. The number of aryl methyl sites for hydroxylation is 1. The van der Waals surface area contributed by atoms with Crippen molar-refractivity contribution in [3.8, 4) is 11.5 Å². The fraction of sp³-hybridized carbons (Fsp3) is 0.0435. The largest absolute Gasteiger partial charge is 0.452 e. The van der Waals surface area contributed by atoms with Crippen LogP contribution in [0.1, 0.15) is 31.8 Å². The summed E-state index contributed by atoms with van der Waals surface area (Å²) >= 11 is 0. The normalized spacial score (nSPS) is 13.9. The number of ketones is 1. The molecule has 0 amide bonds. The van der Waals surface area contributed by atoms with Crippen molar-refractivity contribution >= 4 is 17.8 Å². The van der Waals surface area contributed by atoms with E-state index in [0.29, 0.717) is 16.7 Å². The number of benzene rings is 3. The van der Waals surface area contributed by atoms with Gasteiger partial charge in [0.25, 0.3) is 0 Å². The zero-order valence-corrected chi connectivity index (χ0v) is 15.2. The summed E-state index contributed by atoms with van der Waals surface area (Å²) in [7, 11) is 0. The maximum Gasteiger partial charge on any atom is 0.343 e. The summed E-state index contributed by atoms with van der Waals surface area (Å²) in [5.41, 5.74) is 1.76. The second kappa shape index (κ2) is 7.31. The minimum atomic E-state index is -0.657. The fourth-order valence-electron chi connectivity index (χ4n) is 3.00. The third-order valence-corrected chi connectivity index (χ3v) is 4.40. The van der Waals surface area contributed by atoms with Gasteiger partial charge in [0.1, 0.15) is 23.1 Å². The number of allylic oxidation sites excluding steroid dienone is 1. The standard InChI is InChI=1S/C23H14F2O4/c1-13-10-18(28-23(27)15-4-8-17(25)9-5-15)12-19-21(13)22(26)20(29-19)11-14-2-6-16(24)7-3-14/h2-12H,1H3/b20-11-. The number of Topliss-reactive ketones (excluding diaryl/α,β-unsaturated/α-hetero) is 1. The summed E-state index contributed by atoms with van der Waals surface area (Å²) in [6, 6.07) is 13.6. The van der Waals surface area contributed by atoms with Crippen LogP contribution in [0, 0.1) is 18.6 Å². The van der Waals surface area contributed by atoms with Gasteiger partial charge in [0.2, 0.25) is 5.78 Å². The number of hydrogen-bond donors (Lipinski definition) is 0. The first-order valence-corrected chi connectivity index (χ1v) is 8.73. The summed E-state index contributed by atoms with van der Waals surface area (Å²) in [6.07, 6.45) is 1.52. The van der Waals surface area contributed by atoms with Gasteiger partial charge in [-0.1, -0.05) is 12.1 Å². The summed E-state index contributed by atoms with van der Waals surface area (Å²) in [6.45, 7) is 1.70. The Kier molecular flexibility index (Phi) is 4.68. The second-order valence-electron chi connectivity index (χ2n) is 6.50. The first-order chi connectivity index (χ1) is 13.9. The molecule has 3 aromatic rings. The van der Waals surface area contributed by atoms with Crippen LogP contribution in [0.5, 0.6) is 11.5 Å². The summed E-state index contributed by atoms with van der Waals surface area (Å²) in [5, 5.41) is 0. The van der Waals surface area contributed by atoms with Crippen LogP contribution in [0.2, 0.25) is 0 Å². The molecule has 0 saturated heterocycles. The minimum absolute atomic E-state index is 0.0942. The molecular formula is C23H14F2O4. The Hall–Kier alpha value is -3.80. The number of carbonyl (C=O) groups is 2. The van der Waals surface area contributed by atoms with Gasteiger partial charge in [0.05, 0.1) is 11.1 Å². The molecule has 4 nitrogen and oxygen atoms in total. The topological polar surface area (TPSA) is 52.6 Å². The zero-order valence-electron chi connectivity index (χ0n) is 15.2. The Morgan fingerprint density at radius 2 is 1.59 bits per heavy atom. The van der Waals surface area contributed by atoms with E-state index in [4.69, 9.17) is 9.47 Å².